The molecule has 0 saturated carbocycles. The second kappa shape index (κ2) is 36.0. The summed E-state index contributed by atoms with van der Waals surface area (Å²) in [6, 6.07) is -0.998. The molecule has 11 atom stereocenters. The van der Waals surface area contributed by atoms with Gasteiger partial charge in [-0.05, 0) is 107 Å². The normalized spacial score (nSPS) is 24.9. The highest BCUT2D eigenvalue weighted by Gasteiger charge is 2.46. The van der Waals surface area contributed by atoms with Crippen molar-refractivity contribution < 1.29 is 67.4 Å². The number of likely N-dealkylation sites (N-methyl/N-ethyl adjacent to an activating group) is 7. The van der Waals surface area contributed by atoms with Crippen molar-refractivity contribution in [3.8, 4) is 0 Å². The number of carbonyl (C=O) groups is 12. The van der Waals surface area contributed by atoms with E-state index in [1.165, 1.54) is 47.1 Å². The highest BCUT2D eigenvalue weighted by molar-refractivity contribution is 6.30. The Morgan fingerprint density at radius 3 is 1.51 bits per heavy atom. The number of carbonyl (C=O) groups excluding carboxylic acids is 12. The summed E-state index contributed by atoms with van der Waals surface area (Å²) in [5, 5.41) is 22.5. The van der Waals surface area contributed by atoms with E-state index in [2.05, 4.69) is 21.3 Å². The van der Waals surface area contributed by atoms with Crippen molar-refractivity contribution in [1.82, 2.24) is 60.5 Å². The van der Waals surface area contributed by atoms with Crippen LogP contribution >= 0.6 is 11.6 Å². The van der Waals surface area contributed by atoms with Crippen molar-refractivity contribution in [1.29, 1.82) is 0 Å². The summed E-state index contributed by atoms with van der Waals surface area (Å²) >= 11 is 6.29. The molecule has 534 valence electrons. The molecular formula is C69H107ClN12O14. The first kappa shape index (κ1) is 80.7. The van der Waals surface area contributed by atoms with Gasteiger partial charge in [-0.25, -0.2) is 9.59 Å². The van der Waals surface area contributed by atoms with Gasteiger partial charge in [0.1, 0.15) is 48.3 Å². The first-order chi connectivity index (χ1) is 44.8. The first-order valence-electron chi connectivity index (χ1n) is 33.3. The summed E-state index contributed by atoms with van der Waals surface area (Å²) in [6.45, 7) is 20.4. The third-order valence-electron chi connectivity index (χ3n) is 17.8. The molecule has 2 aliphatic rings. The van der Waals surface area contributed by atoms with Gasteiger partial charge in [-0.3, -0.25) is 57.7 Å². The molecule has 0 aliphatic carbocycles. The predicted molar refractivity (Wildman–Crippen MR) is 363 cm³/mol. The number of rotatable bonds is 15. The zero-order chi connectivity index (χ0) is 72.5. The van der Waals surface area contributed by atoms with Crippen molar-refractivity contribution in [2.45, 2.75) is 201 Å². The van der Waals surface area contributed by atoms with Crippen LogP contribution in [0.15, 0.2) is 54.6 Å². The number of amides is 14. The number of imide groups is 2. The van der Waals surface area contributed by atoms with Crippen molar-refractivity contribution >= 4 is 82.7 Å². The Labute approximate surface area is 572 Å². The average molecular weight is 1360 g/mol. The summed E-state index contributed by atoms with van der Waals surface area (Å²) in [5.74, 6) is -11.0. The maximum atomic E-state index is 15.4. The van der Waals surface area contributed by atoms with E-state index in [-0.39, 0.29) is 50.6 Å². The van der Waals surface area contributed by atoms with Crippen LogP contribution in [0.25, 0.3) is 0 Å². The Hall–Kier alpha value is -7.71. The molecule has 0 radical (unpaired) electrons. The lowest BCUT2D eigenvalue weighted by Gasteiger charge is -2.38. The number of ether oxygens (including phenoxy) is 1. The van der Waals surface area contributed by atoms with Crippen LogP contribution in [0.4, 0.5) is 9.59 Å². The summed E-state index contributed by atoms with van der Waals surface area (Å²) in [6.07, 6.45) is 0.257. The fourth-order valence-corrected chi connectivity index (χ4v) is 11.9. The number of hydrogen-bond acceptors (Lipinski definition) is 14. The van der Waals surface area contributed by atoms with Crippen LogP contribution in [0.1, 0.15) is 133 Å². The fourth-order valence-electron chi connectivity index (χ4n) is 11.8. The van der Waals surface area contributed by atoms with E-state index >= 15 is 38.4 Å². The van der Waals surface area contributed by atoms with E-state index in [1.807, 2.05) is 13.8 Å². The monoisotopic (exact) mass is 1360 g/mol. The Kier molecular flexibility index (Phi) is 30.3. The lowest BCUT2D eigenvalue weighted by Crippen LogP contribution is -2.64. The van der Waals surface area contributed by atoms with Crippen molar-refractivity contribution in [2.75, 3.05) is 69.0 Å². The van der Waals surface area contributed by atoms with Gasteiger partial charge in [-0.2, -0.15) is 0 Å². The number of piperidine rings is 1. The Morgan fingerprint density at radius 1 is 0.542 bits per heavy atom. The van der Waals surface area contributed by atoms with Gasteiger partial charge >= 0.3 is 12.1 Å². The summed E-state index contributed by atoms with van der Waals surface area (Å²) in [4.78, 5) is 188. The van der Waals surface area contributed by atoms with E-state index in [1.54, 1.807) is 117 Å². The Bertz CT molecular complexity index is 3050. The molecule has 2 fully saturated rings. The quantitative estimate of drug-likeness (QED) is 0.155. The van der Waals surface area contributed by atoms with E-state index in [4.69, 9.17) is 16.3 Å². The van der Waals surface area contributed by atoms with Crippen LogP contribution in [-0.2, 0) is 65.5 Å². The molecule has 26 nitrogen and oxygen atoms in total. The number of nitrogens with zero attached hydrogens (tertiary/aromatic N) is 8. The zero-order valence-electron chi connectivity index (χ0n) is 59.8. The standard InChI is InChI=1S/C69H107ClN12O14/c1-20-43(8)53-63(90)76(14)50(36-41(4)5)58(85)73-54(44(9)83)64(91)80(18)68(95)78(16)52(38-46-29-31-47(70)32-30-46)62(89)75(13)49(35-40(2)3)57(84)71-48(39-96-69(10,11)12)61(88)79(17)56(42(6)7)60(87)74-55(66(93)82-33-25-22-26-34-82)65(92)81(19)67(94)77(15)51(59(86)72-53)37-45-27-23-21-24-28-45/h21,23-24,27-32,40-44,48-56,83H,20,22,25-26,33-39H2,1-19H3,(H,71,84)(H,72,86)(H,73,85)(H,74,87)/t43-,44+,48?,49-,50?,51?,52-,53?,54?,55-,56-/m0/s1. The molecular weight excluding hydrogens is 1260 g/mol. The molecule has 0 spiro atoms. The topological polar surface area (TPSA) is 308 Å². The molecule has 0 bridgehead atoms. The smallest absolute Gasteiger partial charge is 0.326 e. The zero-order valence-corrected chi connectivity index (χ0v) is 60.5. The highest BCUT2D eigenvalue weighted by atomic mass is 35.5. The minimum Gasteiger partial charge on any atom is -0.391 e. The Morgan fingerprint density at radius 2 is 1.01 bits per heavy atom. The van der Waals surface area contributed by atoms with E-state index in [0.29, 0.717) is 45.2 Å². The van der Waals surface area contributed by atoms with Crippen molar-refractivity contribution in [3.63, 3.8) is 0 Å². The minimum absolute atomic E-state index is 0.00224. The molecule has 2 heterocycles. The molecule has 96 heavy (non-hydrogen) atoms. The molecule has 2 saturated heterocycles. The lowest BCUT2D eigenvalue weighted by molar-refractivity contribution is -0.150. The first-order valence-corrected chi connectivity index (χ1v) is 33.6. The summed E-state index contributed by atoms with van der Waals surface area (Å²) < 4.78 is 6.15. The number of halogens is 1. The maximum Gasteiger partial charge on any atom is 0.326 e. The number of nitrogens with one attached hydrogen (secondary N) is 4. The van der Waals surface area contributed by atoms with Crippen LogP contribution in [-0.4, -0.2) is 251 Å². The van der Waals surface area contributed by atoms with E-state index < -0.39 is 156 Å². The van der Waals surface area contributed by atoms with Gasteiger partial charge < -0.3 is 60.5 Å². The average Bonchev–Trinajstić information content (AvgIpc) is 0.820. The molecule has 0 aromatic heterocycles. The third-order valence-corrected chi connectivity index (χ3v) is 18.1. The van der Waals surface area contributed by atoms with Crippen LogP contribution in [0.3, 0.4) is 0 Å². The second-order valence-corrected chi connectivity index (χ2v) is 28.3. The number of aliphatic hydroxyl groups excluding tert-OH is 1. The van der Waals surface area contributed by atoms with Crippen LogP contribution in [0, 0.1) is 23.7 Å². The van der Waals surface area contributed by atoms with Gasteiger partial charge in [-0.15, -0.1) is 0 Å². The molecule has 2 aliphatic heterocycles. The van der Waals surface area contributed by atoms with Gasteiger partial charge in [0.25, 0.3) is 17.7 Å². The van der Waals surface area contributed by atoms with E-state index in [0.717, 1.165) is 45.0 Å². The van der Waals surface area contributed by atoms with Gasteiger partial charge in [0.15, 0.2) is 6.04 Å². The second-order valence-electron chi connectivity index (χ2n) is 27.9. The number of hydrogen-bond donors (Lipinski definition) is 5. The SMILES string of the molecule is CC[C@H](C)C1NC(=O)C(Cc2ccccc2)N(C)C(=O)N(C)C(=O)[C@@H](C(=O)N2CCCCC2)NC(=O)[C@H](C(C)C)N(C)C(=O)C(COC(C)(C)C)NC(=O)[C@H](CC(C)C)N(C)C(=O)[C@H](Cc2ccc(Cl)cc2)N(C)C(=O)N(C)C(=O)C([C@@H](C)O)NC(=O)C(CC(C)C)N(C)C1=O. The predicted octanol–water partition coefficient (Wildman–Crippen LogP) is 4.32. The number of likely N-dealkylation sites (tertiary alicyclic amines) is 1. The largest absolute Gasteiger partial charge is 0.391 e. The maximum absolute atomic E-state index is 15.4. The van der Waals surface area contributed by atoms with Gasteiger partial charge in [0.2, 0.25) is 41.4 Å². The van der Waals surface area contributed by atoms with E-state index in [9.17, 15) is 24.3 Å². The molecule has 2 aromatic rings. The highest BCUT2D eigenvalue weighted by Crippen LogP contribution is 2.24. The van der Waals surface area contributed by atoms with Crippen molar-refractivity contribution in [3.05, 3.63) is 70.7 Å². The molecule has 5 N–H and O–H groups in total. The van der Waals surface area contributed by atoms with Gasteiger partial charge in [-0.1, -0.05) is 116 Å². The molecule has 4 rings (SSSR count). The number of aliphatic hydroxyl groups is 1. The molecule has 14 amide bonds. The third kappa shape index (κ3) is 21.6. The summed E-state index contributed by atoms with van der Waals surface area (Å²) in [7, 11) is 8.79. The lowest BCUT2D eigenvalue weighted by atomic mass is 9.94. The number of benzene rings is 2. The van der Waals surface area contributed by atoms with Crippen LogP contribution in [0.5, 0.6) is 0 Å². The van der Waals surface area contributed by atoms with Gasteiger partial charge in [0, 0.05) is 80.3 Å². The van der Waals surface area contributed by atoms with Gasteiger partial charge in [0.05, 0.1) is 18.3 Å². The van der Waals surface area contributed by atoms with Crippen molar-refractivity contribution in [2.24, 2.45) is 23.7 Å². The molecule has 5 unspecified atom stereocenters. The fraction of sp³-hybridized carbons (Fsp3) is 0.652. The summed E-state index contributed by atoms with van der Waals surface area (Å²) in [5.41, 5.74) is 0.186. The van der Waals surface area contributed by atoms with Crippen LogP contribution < -0.4 is 21.3 Å². The van der Waals surface area contributed by atoms with Crippen LogP contribution in [0.2, 0.25) is 5.02 Å². The number of urea groups is 2. The Balaban J connectivity index is 2.04. The molecule has 27 heteroatoms. The minimum atomic E-state index is -2.05. The molecule has 2 aromatic carbocycles.